The van der Waals surface area contributed by atoms with Crippen LogP contribution in [0.15, 0.2) is 109 Å². The highest BCUT2D eigenvalue weighted by Crippen LogP contribution is 2.40. The van der Waals surface area contributed by atoms with E-state index in [1.165, 1.54) is 6.92 Å². The lowest BCUT2D eigenvalue weighted by Gasteiger charge is -2.47. The Kier molecular flexibility index (Phi) is 12.5. The lowest BCUT2D eigenvalue weighted by atomic mass is 9.77. The van der Waals surface area contributed by atoms with Crippen molar-refractivity contribution in [2.45, 2.75) is 109 Å². The molecule has 9 nitrogen and oxygen atoms in total. The van der Waals surface area contributed by atoms with Crippen molar-refractivity contribution in [1.82, 2.24) is 0 Å². The maximum Gasteiger partial charge on any atom is 0.494 e. The standard InChI is InChI=1S/C43H51BO9/c1-29-24-34(44-52-42(3,4)43(5,6)53-44)22-23-35(29)37(50-30(2)46)41-40(49-28-33-20-14-9-15-21-33)39(48-27-32-18-12-8-13-19-32)38(36(25-45)51-41)47-26-31-16-10-7-11-17-31/h7-24,36-41,45H,25-28H2,1-6H3/t36?,37-,38-,39?,40?,41-/m1/s1. The van der Waals surface area contributed by atoms with E-state index in [0.717, 1.165) is 33.3 Å². The molecule has 2 saturated heterocycles. The first kappa shape index (κ1) is 38.8. The summed E-state index contributed by atoms with van der Waals surface area (Å²) in [5.74, 6) is -0.486. The molecule has 2 fully saturated rings. The summed E-state index contributed by atoms with van der Waals surface area (Å²) in [5.41, 5.74) is 4.29. The average Bonchev–Trinajstić information content (AvgIpc) is 3.38. The van der Waals surface area contributed by atoms with Crippen molar-refractivity contribution in [3.05, 3.63) is 137 Å². The minimum Gasteiger partial charge on any atom is -0.455 e. The Hall–Kier alpha value is -3.87. The number of hydrogen-bond donors (Lipinski definition) is 1. The summed E-state index contributed by atoms with van der Waals surface area (Å²) in [6.45, 7) is 11.8. The predicted molar refractivity (Wildman–Crippen MR) is 202 cm³/mol. The molecule has 2 aliphatic rings. The van der Waals surface area contributed by atoms with Gasteiger partial charge in [0, 0.05) is 6.92 Å². The summed E-state index contributed by atoms with van der Waals surface area (Å²) in [5, 5.41) is 10.9. The van der Waals surface area contributed by atoms with Crippen molar-refractivity contribution < 1.29 is 42.9 Å². The molecule has 0 amide bonds. The minimum atomic E-state index is -0.924. The van der Waals surface area contributed by atoms with Crippen molar-refractivity contribution in [2.24, 2.45) is 0 Å². The van der Waals surface area contributed by atoms with Gasteiger partial charge in [-0.3, -0.25) is 4.79 Å². The number of hydrogen-bond acceptors (Lipinski definition) is 9. The van der Waals surface area contributed by atoms with Gasteiger partial charge in [0.2, 0.25) is 0 Å². The SMILES string of the molecule is CC(=O)O[C@H](c1ccc(B2OC(C)(C)C(C)(C)O2)cc1C)[C@H]1OC(CO)[C@@H](OCc2ccccc2)C(OCc2ccccc2)C1OCc1ccccc1. The molecule has 0 bridgehead atoms. The predicted octanol–water partition coefficient (Wildman–Crippen LogP) is 6.41. The Morgan fingerprint density at radius 3 is 1.64 bits per heavy atom. The second-order valence-corrected chi connectivity index (χ2v) is 14.8. The highest BCUT2D eigenvalue weighted by molar-refractivity contribution is 6.62. The first-order valence-electron chi connectivity index (χ1n) is 18.3. The number of rotatable bonds is 14. The van der Waals surface area contributed by atoms with Gasteiger partial charge in [-0.2, -0.15) is 0 Å². The first-order valence-corrected chi connectivity index (χ1v) is 18.3. The fraction of sp³-hybridized carbons (Fsp3) is 0.419. The molecule has 0 spiro atoms. The number of benzene rings is 4. The molecule has 0 aromatic heterocycles. The smallest absolute Gasteiger partial charge is 0.455 e. The van der Waals surface area contributed by atoms with Gasteiger partial charge in [0.1, 0.15) is 30.5 Å². The van der Waals surface area contributed by atoms with Gasteiger partial charge in [0.25, 0.3) is 0 Å². The number of ether oxygens (including phenoxy) is 5. The van der Waals surface area contributed by atoms with Crippen LogP contribution in [0.2, 0.25) is 0 Å². The molecule has 1 N–H and O–H groups in total. The number of aliphatic hydroxyl groups is 1. The Labute approximate surface area is 313 Å². The Morgan fingerprint density at radius 1 is 0.717 bits per heavy atom. The lowest BCUT2D eigenvalue weighted by Crippen LogP contribution is -2.62. The summed E-state index contributed by atoms with van der Waals surface area (Å²) < 4.78 is 45.7. The maximum absolute atomic E-state index is 12.9. The van der Waals surface area contributed by atoms with E-state index in [1.54, 1.807) is 0 Å². The van der Waals surface area contributed by atoms with E-state index in [1.807, 2.05) is 144 Å². The number of aryl methyl sites for hydroxylation is 1. The maximum atomic E-state index is 12.9. The molecule has 10 heteroatoms. The molecule has 0 saturated carbocycles. The van der Waals surface area contributed by atoms with Gasteiger partial charge < -0.3 is 38.1 Å². The second-order valence-electron chi connectivity index (χ2n) is 14.8. The van der Waals surface area contributed by atoms with Gasteiger partial charge in [0.05, 0.1) is 37.6 Å². The van der Waals surface area contributed by atoms with E-state index in [-0.39, 0.29) is 26.4 Å². The van der Waals surface area contributed by atoms with Crippen molar-refractivity contribution in [2.75, 3.05) is 6.61 Å². The van der Waals surface area contributed by atoms with Crippen LogP contribution < -0.4 is 5.46 Å². The van der Waals surface area contributed by atoms with Crippen molar-refractivity contribution >= 4 is 18.6 Å². The van der Waals surface area contributed by atoms with Crippen LogP contribution in [0.3, 0.4) is 0 Å². The normalized spacial score (nSPS) is 24.1. The number of esters is 1. The summed E-state index contributed by atoms with van der Waals surface area (Å²) in [6, 6.07) is 35.4. The molecule has 4 aromatic carbocycles. The van der Waals surface area contributed by atoms with Crippen LogP contribution in [0.4, 0.5) is 0 Å². The van der Waals surface area contributed by atoms with Gasteiger partial charge in [-0.15, -0.1) is 0 Å². The van der Waals surface area contributed by atoms with Crippen LogP contribution in [0.1, 0.15) is 68.5 Å². The van der Waals surface area contributed by atoms with Crippen molar-refractivity contribution in [3.63, 3.8) is 0 Å². The van der Waals surface area contributed by atoms with E-state index >= 15 is 0 Å². The quantitative estimate of drug-likeness (QED) is 0.117. The molecule has 3 unspecified atom stereocenters. The monoisotopic (exact) mass is 722 g/mol. The molecular weight excluding hydrogens is 671 g/mol. The number of carbonyl (C=O) groups is 1. The van der Waals surface area contributed by atoms with Crippen LogP contribution in [-0.4, -0.2) is 66.5 Å². The zero-order valence-electron chi connectivity index (χ0n) is 31.5. The molecule has 0 aliphatic carbocycles. The van der Waals surface area contributed by atoms with E-state index in [4.69, 9.17) is 33.0 Å². The van der Waals surface area contributed by atoms with E-state index in [9.17, 15) is 9.90 Å². The third kappa shape index (κ3) is 9.27. The largest absolute Gasteiger partial charge is 0.494 e. The van der Waals surface area contributed by atoms with Crippen LogP contribution in [0, 0.1) is 6.92 Å². The molecule has 4 aromatic rings. The molecule has 2 heterocycles. The van der Waals surface area contributed by atoms with Gasteiger partial charge in [0.15, 0.2) is 6.10 Å². The number of aliphatic hydroxyl groups excluding tert-OH is 1. The van der Waals surface area contributed by atoms with Gasteiger partial charge in [-0.05, 0) is 67.9 Å². The molecule has 2 aliphatic heterocycles. The molecule has 6 rings (SSSR count). The Bertz CT molecular complexity index is 1750. The summed E-state index contributed by atoms with van der Waals surface area (Å²) >= 11 is 0. The minimum absolute atomic E-state index is 0.235. The van der Waals surface area contributed by atoms with Crippen molar-refractivity contribution in [1.29, 1.82) is 0 Å². The summed E-state index contributed by atoms with van der Waals surface area (Å²) in [7, 11) is -0.565. The molecule has 0 radical (unpaired) electrons. The third-order valence-electron chi connectivity index (χ3n) is 10.4. The molecular formula is C43H51BO9. The van der Waals surface area contributed by atoms with Crippen molar-refractivity contribution in [3.8, 4) is 0 Å². The van der Waals surface area contributed by atoms with Crippen LogP contribution in [-0.2, 0) is 57.6 Å². The second kappa shape index (κ2) is 17.1. The van der Waals surface area contributed by atoms with Gasteiger partial charge >= 0.3 is 13.1 Å². The van der Waals surface area contributed by atoms with Crippen LogP contribution in [0.5, 0.6) is 0 Å². The lowest BCUT2D eigenvalue weighted by molar-refractivity contribution is -0.286. The average molecular weight is 723 g/mol. The molecule has 280 valence electrons. The fourth-order valence-electron chi connectivity index (χ4n) is 6.84. The van der Waals surface area contributed by atoms with Gasteiger partial charge in [-0.25, -0.2) is 0 Å². The third-order valence-corrected chi connectivity index (χ3v) is 10.4. The molecule has 6 atom stereocenters. The zero-order chi connectivity index (χ0) is 37.6. The number of carbonyl (C=O) groups excluding carboxylic acids is 1. The van der Waals surface area contributed by atoms with E-state index in [2.05, 4.69) is 0 Å². The Balaban J connectivity index is 1.39. The topological polar surface area (TPSA) is 102 Å². The van der Waals surface area contributed by atoms with E-state index < -0.39 is 60.9 Å². The van der Waals surface area contributed by atoms with Crippen LogP contribution in [0.25, 0.3) is 0 Å². The first-order chi connectivity index (χ1) is 25.5. The summed E-state index contributed by atoms with van der Waals surface area (Å²) in [4.78, 5) is 12.9. The van der Waals surface area contributed by atoms with E-state index in [0.29, 0.717) is 0 Å². The highest BCUT2D eigenvalue weighted by Gasteiger charge is 2.53. The Morgan fingerprint density at radius 2 is 1.19 bits per heavy atom. The highest BCUT2D eigenvalue weighted by atomic mass is 16.7. The fourth-order valence-corrected chi connectivity index (χ4v) is 6.84. The zero-order valence-corrected chi connectivity index (χ0v) is 31.5. The summed E-state index contributed by atoms with van der Waals surface area (Å²) in [6.07, 6.45) is -4.91. The van der Waals surface area contributed by atoms with Gasteiger partial charge in [-0.1, -0.05) is 109 Å². The molecule has 53 heavy (non-hydrogen) atoms. The van der Waals surface area contributed by atoms with Crippen LogP contribution >= 0.6 is 0 Å².